The topological polar surface area (TPSA) is 77.8 Å². The van der Waals surface area contributed by atoms with Gasteiger partial charge >= 0.3 is 11.9 Å². The molecule has 0 amide bonds. The van der Waals surface area contributed by atoms with Gasteiger partial charge in [0.05, 0.1) is 13.1 Å². The maximum atomic E-state index is 10.9. The smallest absolute Gasteiger partial charge is 0.317 e. The first-order chi connectivity index (χ1) is 8.93. The van der Waals surface area contributed by atoms with Gasteiger partial charge in [0, 0.05) is 6.04 Å². The number of aryl methyl sites for hydroxylation is 1. The van der Waals surface area contributed by atoms with Crippen molar-refractivity contribution in [1.82, 2.24) is 4.90 Å². The van der Waals surface area contributed by atoms with Crippen LogP contribution in [0.15, 0.2) is 24.3 Å². The molecule has 0 heterocycles. The first-order valence-electron chi connectivity index (χ1n) is 6.18. The van der Waals surface area contributed by atoms with E-state index in [9.17, 15) is 9.59 Å². The van der Waals surface area contributed by atoms with Gasteiger partial charge in [-0.25, -0.2) is 0 Å². The molecule has 0 saturated carbocycles. The molecule has 0 aliphatic rings. The van der Waals surface area contributed by atoms with Crippen molar-refractivity contribution < 1.29 is 19.8 Å². The van der Waals surface area contributed by atoms with Gasteiger partial charge in [0.1, 0.15) is 0 Å². The van der Waals surface area contributed by atoms with Crippen molar-refractivity contribution in [3.05, 3.63) is 35.4 Å². The summed E-state index contributed by atoms with van der Waals surface area (Å²) >= 11 is 0. The summed E-state index contributed by atoms with van der Waals surface area (Å²) in [5.41, 5.74) is 2.05. The Hall–Kier alpha value is -1.88. The average Bonchev–Trinajstić information content (AvgIpc) is 2.30. The van der Waals surface area contributed by atoms with Crippen LogP contribution in [0, 0.1) is 6.92 Å². The van der Waals surface area contributed by atoms with E-state index in [-0.39, 0.29) is 19.1 Å². The Labute approximate surface area is 112 Å². The number of hydrogen-bond acceptors (Lipinski definition) is 3. The van der Waals surface area contributed by atoms with Crippen molar-refractivity contribution in [2.24, 2.45) is 0 Å². The Morgan fingerprint density at radius 3 is 1.95 bits per heavy atom. The van der Waals surface area contributed by atoms with Gasteiger partial charge in [0.15, 0.2) is 0 Å². The van der Waals surface area contributed by atoms with Gasteiger partial charge in [-0.1, -0.05) is 36.8 Å². The molecule has 19 heavy (non-hydrogen) atoms. The SMILES string of the molecule is CCC(c1ccc(C)cc1)N(CC(=O)O)CC(=O)O. The normalized spacial score (nSPS) is 12.4. The zero-order valence-electron chi connectivity index (χ0n) is 11.2. The number of nitrogens with zero attached hydrogens (tertiary/aromatic N) is 1. The summed E-state index contributed by atoms with van der Waals surface area (Å²) in [6, 6.07) is 7.52. The highest BCUT2D eigenvalue weighted by molar-refractivity contribution is 5.72. The van der Waals surface area contributed by atoms with E-state index in [2.05, 4.69) is 0 Å². The van der Waals surface area contributed by atoms with Crippen molar-refractivity contribution in [3.63, 3.8) is 0 Å². The quantitative estimate of drug-likeness (QED) is 0.787. The van der Waals surface area contributed by atoms with Crippen LogP contribution in [-0.2, 0) is 9.59 Å². The lowest BCUT2D eigenvalue weighted by molar-refractivity contribution is -0.143. The number of aliphatic carboxylic acids is 2. The Morgan fingerprint density at radius 2 is 1.58 bits per heavy atom. The van der Waals surface area contributed by atoms with Gasteiger partial charge in [-0.05, 0) is 18.9 Å². The Bertz CT molecular complexity index is 425. The van der Waals surface area contributed by atoms with Crippen LogP contribution in [0.1, 0.15) is 30.5 Å². The monoisotopic (exact) mass is 265 g/mol. The molecule has 0 aromatic heterocycles. The predicted octanol–water partition coefficient (Wildman–Crippen LogP) is 1.92. The van der Waals surface area contributed by atoms with E-state index in [1.807, 2.05) is 38.1 Å². The second-order valence-electron chi connectivity index (χ2n) is 4.53. The summed E-state index contributed by atoms with van der Waals surface area (Å²) in [5.74, 6) is -2.04. The van der Waals surface area contributed by atoms with Crippen molar-refractivity contribution in [3.8, 4) is 0 Å². The molecule has 1 aromatic carbocycles. The Kier molecular flexibility index (Phi) is 5.51. The molecule has 0 spiro atoms. The number of rotatable bonds is 7. The van der Waals surface area contributed by atoms with Gasteiger partial charge in [0.25, 0.3) is 0 Å². The van der Waals surface area contributed by atoms with Crippen molar-refractivity contribution in [2.75, 3.05) is 13.1 Å². The fourth-order valence-electron chi connectivity index (χ4n) is 2.12. The molecule has 0 radical (unpaired) electrons. The van der Waals surface area contributed by atoms with Gasteiger partial charge in [-0.15, -0.1) is 0 Å². The van der Waals surface area contributed by atoms with Crippen molar-refractivity contribution >= 4 is 11.9 Å². The fraction of sp³-hybridized carbons (Fsp3) is 0.429. The molecule has 1 atom stereocenters. The highest BCUT2D eigenvalue weighted by atomic mass is 16.4. The number of carboxylic acids is 2. The van der Waals surface area contributed by atoms with Crippen LogP contribution < -0.4 is 0 Å². The number of carboxylic acid groups (broad SMARTS) is 2. The second kappa shape index (κ2) is 6.89. The van der Waals surface area contributed by atoms with Crippen molar-refractivity contribution in [2.45, 2.75) is 26.3 Å². The third-order valence-electron chi connectivity index (χ3n) is 2.97. The van der Waals surface area contributed by atoms with Crippen LogP contribution in [0.4, 0.5) is 0 Å². The minimum absolute atomic E-state index is 0.201. The summed E-state index contributed by atoms with van der Waals surface area (Å²) in [6.45, 7) is 3.33. The van der Waals surface area contributed by atoms with E-state index in [0.29, 0.717) is 6.42 Å². The molecule has 0 bridgehead atoms. The van der Waals surface area contributed by atoms with Crippen molar-refractivity contribution in [1.29, 1.82) is 0 Å². The Morgan fingerprint density at radius 1 is 1.11 bits per heavy atom. The van der Waals surface area contributed by atoms with E-state index in [1.54, 1.807) is 0 Å². The minimum atomic E-state index is -1.02. The highest BCUT2D eigenvalue weighted by Gasteiger charge is 2.23. The highest BCUT2D eigenvalue weighted by Crippen LogP contribution is 2.24. The molecular formula is C14H19NO4. The molecule has 0 saturated heterocycles. The maximum absolute atomic E-state index is 10.9. The van der Waals surface area contributed by atoms with Gasteiger partial charge in [0.2, 0.25) is 0 Å². The fourth-order valence-corrected chi connectivity index (χ4v) is 2.12. The molecule has 5 nitrogen and oxygen atoms in total. The van der Waals surface area contributed by atoms with Crippen LogP contribution in [0.25, 0.3) is 0 Å². The first kappa shape index (κ1) is 15.2. The average molecular weight is 265 g/mol. The number of benzene rings is 1. The molecule has 2 N–H and O–H groups in total. The molecule has 5 heteroatoms. The summed E-state index contributed by atoms with van der Waals surface area (Å²) < 4.78 is 0. The van der Waals surface area contributed by atoms with Crippen LogP contribution in [0.3, 0.4) is 0 Å². The van der Waals surface area contributed by atoms with Crippen LogP contribution in [-0.4, -0.2) is 40.1 Å². The molecule has 1 rings (SSSR count). The third kappa shape index (κ3) is 4.71. The summed E-state index contributed by atoms with van der Waals surface area (Å²) in [5, 5.41) is 17.8. The van der Waals surface area contributed by atoms with E-state index < -0.39 is 11.9 Å². The summed E-state index contributed by atoms with van der Waals surface area (Å²) in [7, 11) is 0. The Balaban J connectivity index is 2.97. The predicted molar refractivity (Wildman–Crippen MR) is 71.1 cm³/mol. The molecule has 0 aliphatic heterocycles. The van der Waals surface area contributed by atoms with Gasteiger partial charge in [-0.3, -0.25) is 14.5 Å². The molecule has 104 valence electrons. The maximum Gasteiger partial charge on any atom is 0.317 e. The first-order valence-corrected chi connectivity index (χ1v) is 6.18. The molecule has 1 aromatic rings. The summed E-state index contributed by atoms with van der Waals surface area (Å²) in [4.78, 5) is 23.2. The van der Waals surface area contributed by atoms with Crippen LogP contribution >= 0.6 is 0 Å². The van der Waals surface area contributed by atoms with E-state index >= 15 is 0 Å². The third-order valence-corrected chi connectivity index (χ3v) is 2.97. The summed E-state index contributed by atoms with van der Waals surface area (Å²) in [6.07, 6.45) is 0.656. The number of hydrogen-bond donors (Lipinski definition) is 2. The molecular weight excluding hydrogens is 246 g/mol. The molecule has 1 unspecified atom stereocenters. The standard InChI is InChI=1S/C14H19NO4/c1-3-12(11-6-4-10(2)5-7-11)15(8-13(16)17)9-14(18)19/h4-7,12H,3,8-9H2,1-2H3,(H,16,17)(H,18,19). The van der Waals surface area contributed by atoms with Crippen LogP contribution in [0.2, 0.25) is 0 Å². The molecule has 0 aliphatic carbocycles. The van der Waals surface area contributed by atoms with E-state index in [1.165, 1.54) is 4.90 Å². The second-order valence-corrected chi connectivity index (χ2v) is 4.53. The lowest BCUT2D eigenvalue weighted by Gasteiger charge is -2.28. The molecule has 0 fully saturated rings. The van der Waals surface area contributed by atoms with E-state index in [4.69, 9.17) is 10.2 Å². The van der Waals surface area contributed by atoms with Crippen LogP contribution in [0.5, 0.6) is 0 Å². The van der Waals surface area contributed by atoms with E-state index in [0.717, 1.165) is 11.1 Å². The minimum Gasteiger partial charge on any atom is -0.480 e. The lowest BCUT2D eigenvalue weighted by Crippen LogP contribution is -2.37. The zero-order valence-corrected chi connectivity index (χ0v) is 11.2. The van der Waals surface area contributed by atoms with Gasteiger partial charge in [-0.2, -0.15) is 0 Å². The lowest BCUT2D eigenvalue weighted by atomic mass is 10.0. The largest absolute Gasteiger partial charge is 0.480 e. The van der Waals surface area contributed by atoms with Gasteiger partial charge < -0.3 is 10.2 Å². The number of carbonyl (C=O) groups is 2. The zero-order chi connectivity index (χ0) is 14.4.